The average molecular weight is 602 g/mol. The zero-order valence-electron chi connectivity index (χ0n) is 20.9. The molecule has 3 aromatic rings. The van der Waals surface area contributed by atoms with Gasteiger partial charge in [0.25, 0.3) is 16.8 Å². The number of hydrogen-bond donors (Lipinski definition) is 1. The third-order valence-corrected chi connectivity index (χ3v) is 7.00. The monoisotopic (exact) mass is 601 g/mol. The summed E-state index contributed by atoms with van der Waals surface area (Å²) in [7, 11) is 0. The third kappa shape index (κ3) is 6.92. The van der Waals surface area contributed by atoms with E-state index in [1.165, 1.54) is 18.2 Å². The summed E-state index contributed by atoms with van der Waals surface area (Å²) in [5.41, 5.74) is 1.49. The molecular formula is C27H21Cl2N3O7S. The van der Waals surface area contributed by atoms with Crippen LogP contribution in [-0.2, 0) is 16.2 Å². The lowest BCUT2D eigenvalue weighted by Crippen LogP contribution is -2.36. The Balaban J connectivity index is 1.48. The molecule has 3 amide bonds. The maximum absolute atomic E-state index is 12.9. The summed E-state index contributed by atoms with van der Waals surface area (Å²) in [5.74, 6) is -0.644. The number of carbonyl (C=O) groups excluding carboxylic acids is 3. The van der Waals surface area contributed by atoms with Gasteiger partial charge >= 0.3 is 0 Å². The number of nitro benzene ring substituents is 1. The van der Waals surface area contributed by atoms with Crippen molar-refractivity contribution in [1.29, 1.82) is 0 Å². The predicted octanol–water partition coefficient (Wildman–Crippen LogP) is 6.55. The first-order chi connectivity index (χ1) is 19.2. The zero-order chi connectivity index (χ0) is 28.8. The molecule has 1 N–H and O–H groups in total. The van der Waals surface area contributed by atoms with E-state index in [1.807, 2.05) is 0 Å². The Morgan fingerprint density at radius 1 is 1.07 bits per heavy atom. The summed E-state index contributed by atoms with van der Waals surface area (Å²) in [6, 6.07) is 15.7. The predicted molar refractivity (Wildman–Crippen MR) is 153 cm³/mol. The molecule has 10 nitrogen and oxygen atoms in total. The van der Waals surface area contributed by atoms with Crippen LogP contribution in [0.1, 0.15) is 18.1 Å². The van der Waals surface area contributed by atoms with E-state index < -0.39 is 28.5 Å². The normalized spacial score (nSPS) is 14.0. The maximum atomic E-state index is 12.9. The molecule has 1 heterocycles. The van der Waals surface area contributed by atoms with Crippen molar-refractivity contribution < 1.29 is 28.8 Å². The number of nitrogens with one attached hydrogen (secondary N) is 1. The molecule has 0 atom stereocenters. The number of rotatable bonds is 10. The van der Waals surface area contributed by atoms with Gasteiger partial charge in [-0.3, -0.25) is 29.4 Å². The van der Waals surface area contributed by atoms with Crippen LogP contribution in [-0.4, -0.2) is 40.0 Å². The van der Waals surface area contributed by atoms with Crippen LogP contribution in [0.4, 0.5) is 16.2 Å². The summed E-state index contributed by atoms with van der Waals surface area (Å²) >= 11 is 13.2. The molecular weight excluding hydrogens is 581 g/mol. The van der Waals surface area contributed by atoms with E-state index >= 15 is 0 Å². The highest BCUT2D eigenvalue weighted by Gasteiger charge is 2.36. The number of halogens is 2. The molecule has 0 spiro atoms. The van der Waals surface area contributed by atoms with Crippen molar-refractivity contribution in [1.82, 2.24) is 4.90 Å². The van der Waals surface area contributed by atoms with Crippen molar-refractivity contribution >= 4 is 69.5 Å². The number of nitrogens with zero attached hydrogens (tertiary/aromatic N) is 2. The highest BCUT2D eigenvalue weighted by molar-refractivity contribution is 8.18. The lowest BCUT2D eigenvalue weighted by molar-refractivity contribution is -0.384. The van der Waals surface area contributed by atoms with Crippen LogP contribution in [0.2, 0.25) is 10.0 Å². The van der Waals surface area contributed by atoms with Gasteiger partial charge in [-0.1, -0.05) is 35.3 Å². The Labute approximate surface area is 243 Å². The van der Waals surface area contributed by atoms with Crippen molar-refractivity contribution in [3.63, 3.8) is 0 Å². The van der Waals surface area contributed by atoms with Gasteiger partial charge in [-0.15, -0.1) is 0 Å². The second-order valence-corrected chi connectivity index (χ2v) is 10.1. The molecule has 13 heteroatoms. The summed E-state index contributed by atoms with van der Waals surface area (Å²) in [5, 5.41) is 13.4. The first-order valence-corrected chi connectivity index (χ1v) is 13.4. The molecule has 4 rings (SSSR count). The quantitative estimate of drug-likeness (QED) is 0.157. The van der Waals surface area contributed by atoms with Gasteiger partial charge in [-0.05, 0) is 72.3 Å². The number of benzene rings is 3. The molecule has 3 aromatic carbocycles. The number of imide groups is 1. The summed E-state index contributed by atoms with van der Waals surface area (Å²) in [6.07, 6.45) is 1.48. The summed E-state index contributed by atoms with van der Waals surface area (Å²) in [6.45, 7) is 1.67. The van der Waals surface area contributed by atoms with E-state index in [4.69, 9.17) is 32.7 Å². The number of non-ortho nitro benzene ring substituents is 1. The largest absolute Gasteiger partial charge is 0.490 e. The second-order valence-electron chi connectivity index (χ2n) is 8.27. The smallest absolute Gasteiger partial charge is 0.294 e. The minimum Gasteiger partial charge on any atom is -0.490 e. The zero-order valence-corrected chi connectivity index (χ0v) is 23.2. The fourth-order valence-electron chi connectivity index (χ4n) is 3.63. The minimum absolute atomic E-state index is 0.0354. The van der Waals surface area contributed by atoms with E-state index in [-0.39, 0.29) is 28.0 Å². The first-order valence-electron chi connectivity index (χ1n) is 11.8. The molecule has 0 unspecified atom stereocenters. The van der Waals surface area contributed by atoms with Gasteiger partial charge in [0.1, 0.15) is 13.2 Å². The molecule has 1 saturated heterocycles. The Morgan fingerprint density at radius 2 is 1.80 bits per heavy atom. The van der Waals surface area contributed by atoms with Gasteiger partial charge in [-0.25, -0.2) is 0 Å². The van der Waals surface area contributed by atoms with Crippen molar-refractivity contribution in [2.45, 2.75) is 13.5 Å². The first kappa shape index (κ1) is 28.9. The van der Waals surface area contributed by atoms with Gasteiger partial charge in [-0.2, -0.15) is 0 Å². The number of thioether (sulfide) groups is 1. The van der Waals surface area contributed by atoms with E-state index in [9.17, 15) is 24.5 Å². The number of carbonyl (C=O) groups is 3. The molecule has 1 fully saturated rings. The minimum atomic E-state index is -0.628. The highest BCUT2D eigenvalue weighted by Crippen LogP contribution is 2.39. The molecule has 0 aliphatic carbocycles. The Bertz CT molecular complexity index is 1510. The highest BCUT2D eigenvalue weighted by atomic mass is 35.5. The van der Waals surface area contributed by atoms with E-state index in [0.29, 0.717) is 46.0 Å². The lowest BCUT2D eigenvalue weighted by atomic mass is 10.1. The Hall–Kier alpha value is -4.06. The number of amides is 3. The van der Waals surface area contributed by atoms with Crippen molar-refractivity contribution in [3.05, 3.63) is 96.9 Å². The standard InChI is InChI=1S/C27H21Cl2N3O7S/c1-2-38-22-12-17(11-20(29)25(22)39-15-16-7-9-18(10-8-16)32(36)37)13-23-26(34)31(27(35)40-23)14-24(33)30-21-6-4-3-5-19(21)28/h3-13H,2,14-15H2,1H3,(H,30,33)/b23-13+. The molecule has 1 aliphatic rings. The number of hydrogen-bond acceptors (Lipinski definition) is 8. The fraction of sp³-hybridized carbons (Fsp3) is 0.148. The van der Waals surface area contributed by atoms with Gasteiger partial charge < -0.3 is 14.8 Å². The summed E-state index contributed by atoms with van der Waals surface area (Å²) in [4.78, 5) is 49.2. The van der Waals surface area contributed by atoms with Crippen LogP contribution in [0, 0.1) is 10.1 Å². The van der Waals surface area contributed by atoms with Gasteiger partial charge in [0.2, 0.25) is 5.91 Å². The van der Waals surface area contributed by atoms with E-state index in [1.54, 1.807) is 55.5 Å². The SMILES string of the molecule is CCOc1cc(/C=C2/SC(=O)N(CC(=O)Nc3ccccc3Cl)C2=O)cc(Cl)c1OCc1ccc([N+](=O)[O-])cc1. The molecule has 206 valence electrons. The Morgan fingerprint density at radius 3 is 2.48 bits per heavy atom. The lowest BCUT2D eigenvalue weighted by Gasteiger charge is -2.15. The van der Waals surface area contributed by atoms with Crippen LogP contribution in [0.15, 0.2) is 65.6 Å². The van der Waals surface area contributed by atoms with Crippen LogP contribution in [0.5, 0.6) is 11.5 Å². The molecule has 0 saturated carbocycles. The third-order valence-electron chi connectivity index (χ3n) is 5.48. The van der Waals surface area contributed by atoms with Crippen molar-refractivity contribution in [2.75, 3.05) is 18.5 Å². The van der Waals surface area contributed by atoms with Crippen LogP contribution in [0.25, 0.3) is 6.08 Å². The Kier molecular flexibility index (Phi) is 9.30. The summed E-state index contributed by atoms with van der Waals surface area (Å²) < 4.78 is 11.5. The van der Waals surface area contributed by atoms with Crippen molar-refractivity contribution in [3.8, 4) is 11.5 Å². The van der Waals surface area contributed by atoms with Gasteiger partial charge in [0, 0.05) is 12.1 Å². The number of nitro groups is 1. The number of ether oxygens (including phenoxy) is 2. The van der Waals surface area contributed by atoms with E-state index in [0.717, 1.165) is 4.90 Å². The van der Waals surface area contributed by atoms with Crippen LogP contribution >= 0.6 is 35.0 Å². The number of anilines is 1. The second kappa shape index (κ2) is 12.9. The fourth-order valence-corrected chi connectivity index (χ4v) is 4.92. The van der Waals surface area contributed by atoms with Crippen LogP contribution < -0.4 is 14.8 Å². The average Bonchev–Trinajstić information content (AvgIpc) is 3.17. The molecule has 1 aliphatic heterocycles. The molecule has 40 heavy (non-hydrogen) atoms. The van der Waals surface area contributed by atoms with Crippen LogP contribution in [0.3, 0.4) is 0 Å². The maximum Gasteiger partial charge on any atom is 0.294 e. The number of para-hydroxylation sites is 1. The molecule has 0 bridgehead atoms. The van der Waals surface area contributed by atoms with Gasteiger partial charge in [0.15, 0.2) is 11.5 Å². The van der Waals surface area contributed by atoms with Crippen molar-refractivity contribution in [2.24, 2.45) is 0 Å². The van der Waals surface area contributed by atoms with E-state index in [2.05, 4.69) is 5.32 Å². The topological polar surface area (TPSA) is 128 Å². The molecule has 0 aromatic heterocycles. The van der Waals surface area contributed by atoms with Gasteiger partial charge in [0.05, 0.1) is 32.2 Å². The molecule has 0 radical (unpaired) electrons.